The summed E-state index contributed by atoms with van der Waals surface area (Å²) in [6.07, 6.45) is 2.71. The first kappa shape index (κ1) is 18.0. The number of sulfonamides is 1. The summed E-state index contributed by atoms with van der Waals surface area (Å²) in [5, 5.41) is 3.10. The van der Waals surface area contributed by atoms with E-state index in [1.54, 1.807) is 17.8 Å². The highest BCUT2D eigenvalue weighted by Gasteiger charge is 2.24. The van der Waals surface area contributed by atoms with Gasteiger partial charge < -0.3 is 9.73 Å². The van der Waals surface area contributed by atoms with Crippen molar-refractivity contribution in [3.8, 4) is 0 Å². The second-order valence-corrected chi connectivity index (χ2v) is 7.63. The van der Waals surface area contributed by atoms with Crippen molar-refractivity contribution in [2.24, 2.45) is 0 Å². The molecular weight excluding hydrogens is 364 g/mol. The highest BCUT2D eigenvalue weighted by molar-refractivity contribution is 9.10. The third-order valence-corrected chi connectivity index (χ3v) is 5.84. The Balaban J connectivity index is 2.88. The predicted molar refractivity (Wildman–Crippen MR) is 86.6 cm³/mol. The van der Waals surface area contributed by atoms with Crippen molar-refractivity contribution >= 4 is 37.7 Å². The van der Waals surface area contributed by atoms with Crippen LogP contribution < -0.4 is 10.0 Å². The highest BCUT2D eigenvalue weighted by atomic mass is 79.9. The molecule has 1 heterocycles. The standard InChI is InChI=1S/C12H21BrN2O3S2/c1-4-9(8-19-3)15-20(16,17)11-6-10(7-14-5-2)18-12(11)13/h6,9,14-15H,4-5,7-8H2,1-3H3. The van der Waals surface area contributed by atoms with Gasteiger partial charge in [-0.2, -0.15) is 11.8 Å². The number of rotatable bonds is 9. The van der Waals surface area contributed by atoms with Gasteiger partial charge in [-0.05, 0) is 35.2 Å². The van der Waals surface area contributed by atoms with Crippen LogP contribution in [0.2, 0.25) is 0 Å². The van der Waals surface area contributed by atoms with Crippen molar-refractivity contribution in [1.29, 1.82) is 0 Å². The molecule has 5 nitrogen and oxygen atoms in total. The Bertz CT molecular complexity index is 517. The molecule has 0 aliphatic rings. The van der Waals surface area contributed by atoms with Gasteiger partial charge in [0.05, 0.1) is 6.54 Å². The molecule has 116 valence electrons. The Kier molecular flexibility index (Phi) is 7.60. The molecule has 0 radical (unpaired) electrons. The summed E-state index contributed by atoms with van der Waals surface area (Å²) in [4.78, 5) is 0.157. The maximum Gasteiger partial charge on any atom is 0.245 e. The van der Waals surface area contributed by atoms with E-state index in [9.17, 15) is 8.42 Å². The third-order valence-electron chi connectivity index (χ3n) is 2.73. The summed E-state index contributed by atoms with van der Waals surface area (Å²) in [5.41, 5.74) is 0. The summed E-state index contributed by atoms with van der Waals surface area (Å²) in [6, 6.07) is 1.48. The molecule has 1 aromatic heterocycles. The van der Waals surface area contributed by atoms with Crippen LogP contribution in [0.5, 0.6) is 0 Å². The lowest BCUT2D eigenvalue weighted by Gasteiger charge is -2.15. The average Bonchev–Trinajstić information content (AvgIpc) is 2.77. The van der Waals surface area contributed by atoms with Crippen LogP contribution in [0, 0.1) is 0 Å². The lowest BCUT2D eigenvalue weighted by atomic mass is 10.3. The van der Waals surface area contributed by atoms with Crippen LogP contribution in [0.4, 0.5) is 0 Å². The van der Waals surface area contributed by atoms with E-state index in [-0.39, 0.29) is 15.6 Å². The fourth-order valence-corrected chi connectivity index (χ4v) is 4.78. The van der Waals surface area contributed by atoms with Gasteiger partial charge in [0.15, 0.2) is 4.67 Å². The molecule has 0 aromatic carbocycles. The summed E-state index contributed by atoms with van der Waals surface area (Å²) >= 11 is 4.80. The smallest absolute Gasteiger partial charge is 0.245 e. The zero-order valence-corrected chi connectivity index (χ0v) is 15.1. The third kappa shape index (κ3) is 5.07. The molecule has 20 heavy (non-hydrogen) atoms. The number of halogens is 1. The van der Waals surface area contributed by atoms with Gasteiger partial charge in [0, 0.05) is 17.9 Å². The van der Waals surface area contributed by atoms with Crippen molar-refractivity contribution in [3.63, 3.8) is 0 Å². The summed E-state index contributed by atoms with van der Waals surface area (Å²) < 4.78 is 33.1. The van der Waals surface area contributed by atoms with Gasteiger partial charge in [0.1, 0.15) is 10.7 Å². The Morgan fingerprint density at radius 2 is 2.15 bits per heavy atom. The molecule has 0 fully saturated rings. The van der Waals surface area contributed by atoms with Gasteiger partial charge in [-0.1, -0.05) is 13.8 Å². The fourth-order valence-electron chi connectivity index (χ4n) is 1.64. The molecule has 2 N–H and O–H groups in total. The van der Waals surface area contributed by atoms with Crippen molar-refractivity contribution in [3.05, 3.63) is 16.5 Å². The number of furan rings is 1. The van der Waals surface area contributed by atoms with E-state index in [0.29, 0.717) is 12.3 Å². The van der Waals surface area contributed by atoms with Gasteiger partial charge >= 0.3 is 0 Å². The number of hydrogen-bond donors (Lipinski definition) is 2. The maximum absolute atomic E-state index is 12.4. The second kappa shape index (κ2) is 8.43. The number of thioether (sulfide) groups is 1. The lowest BCUT2D eigenvalue weighted by Crippen LogP contribution is -2.36. The molecule has 0 amide bonds. The van der Waals surface area contributed by atoms with E-state index in [2.05, 4.69) is 26.0 Å². The minimum absolute atomic E-state index is 0.0750. The largest absolute Gasteiger partial charge is 0.452 e. The minimum atomic E-state index is -3.56. The Labute approximate surface area is 133 Å². The molecule has 0 spiro atoms. The maximum atomic E-state index is 12.4. The summed E-state index contributed by atoms with van der Waals surface area (Å²) in [5.74, 6) is 1.34. The SMILES string of the molecule is CCNCc1cc(S(=O)(=O)NC(CC)CSC)c(Br)o1. The zero-order chi connectivity index (χ0) is 15.2. The molecule has 0 bridgehead atoms. The van der Waals surface area contributed by atoms with Crippen LogP contribution in [-0.2, 0) is 16.6 Å². The topological polar surface area (TPSA) is 71.3 Å². The fraction of sp³-hybridized carbons (Fsp3) is 0.667. The molecular formula is C12H21BrN2O3S2. The van der Waals surface area contributed by atoms with Gasteiger partial charge in [-0.3, -0.25) is 0 Å². The van der Waals surface area contributed by atoms with Crippen LogP contribution in [-0.4, -0.2) is 33.0 Å². The zero-order valence-electron chi connectivity index (χ0n) is 11.9. The Morgan fingerprint density at radius 3 is 2.70 bits per heavy atom. The van der Waals surface area contributed by atoms with Crippen LogP contribution in [0.1, 0.15) is 26.0 Å². The average molecular weight is 385 g/mol. The first-order valence-corrected chi connectivity index (χ1v) is 10.1. The van der Waals surface area contributed by atoms with Gasteiger partial charge in [-0.25, -0.2) is 13.1 Å². The lowest BCUT2D eigenvalue weighted by molar-refractivity contribution is 0.463. The second-order valence-electron chi connectivity index (χ2n) is 4.31. The quantitative estimate of drug-likeness (QED) is 0.684. The van der Waals surface area contributed by atoms with E-state index >= 15 is 0 Å². The van der Waals surface area contributed by atoms with Crippen molar-refractivity contribution in [2.45, 2.75) is 37.8 Å². The van der Waals surface area contributed by atoms with Crippen LogP contribution in [0.25, 0.3) is 0 Å². The monoisotopic (exact) mass is 384 g/mol. The van der Waals surface area contributed by atoms with Gasteiger partial charge in [0.2, 0.25) is 10.0 Å². The highest BCUT2D eigenvalue weighted by Crippen LogP contribution is 2.26. The molecule has 0 aliphatic carbocycles. The summed E-state index contributed by atoms with van der Waals surface area (Å²) in [6.45, 7) is 5.24. The molecule has 0 saturated heterocycles. The predicted octanol–water partition coefficient (Wildman–Crippen LogP) is 2.57. The Hall–Kier alpha value is -0.0200. The Morgan fingerprint density at radius 1 is 1.45 bits per heavy atom. The molecule has 0 saturated carbocycles. The number of hydrogen-bond acceptors (Lipinski definition) is 5. The first-order valence-electron chi connectivity index (χ1n) is 6.44. The van der Waals surface area contributed by atoms with Crippen molar-refractivity contribution < 1.29 is 12.8 Å². The van der Waals surface area contributed by atoms with Gasteiger partial charge in [-0.15, -0.1) is 0 Å². The molecule has 1 rings (SSSR count). The van der Waals surface area contributed by atoms with Crippen LogP contribution in [0.3, 0.4) is 0 Å². The normalized spacial score (nSPS) is 13.6. The molecule has 0 aliphatic heterocycles. The van der Waals surface area contributed by atoms with E-state index in [0.717, 1.165) is 18.7 Å². The van der Waals surface area contributed by atoms with Gasteiger partial charge in [0.25, 0.3) is 0 Å². The van der Waals surface area contributed by atoms with E-state index in [4.69, 9.17) is 4.42 Å². The molecule has 1 atom stereocenters. The molecule has 1 unspecified atom stereocenters. The molecule has 1 aromatic rings. The summed E-state index contributed by atoms with van der Waals surface area (Å²) in [7, 11) is -3.56. The molecule has 8 heteroatoms. The van der Waals surface area contributed by atoms with Crippen molar-refractivity contribution in [2.75, 3.05) is 18.6 Å². The van der Waals surface area contributed by atoms with E-state index in [1.165, 1.54) is 0 Å². The van der Waals surface area contributed by atoms with E-state index in [1.807, 2.05) is 20.1 Å². The number of nitrogens with one attached hydrogen (secondary N) is 2. The van der Waals surface area contributed by atoms with Crippen LogP contribution >= 0.6 is 27.7 Å². The minimum Gasteiger partial charge on any atom is -0.452 e. The van der Waals surface area contributed by atoms with Crippen molar-refractivity contribution in [1.82, 2.24) is 10.0 Å². The van der Waals surface area contributed by atoms with E-state index < -0.39 is 10.0 Å². The first-order chi connectivity index (χ1) is 9.44. The van der Waals surface area contributed by atoms with Crippen LogP contribution in [0.15, 0.2) is 20.0 Å².